The van der Waals surface area contributed by atoms with Crippen LogP contribution in [0.4, 0.5) is 4.39 Å². The third-order valence-corrected chi connectivity index (χ3v) is 7.08. The molecule has 0 aliphatic rings. The van der Waals surface area contributed by atoms with Crippen LogP contribution in [0.25, 0.3) is 33.6 Å². The van der Waals surface area contributed by atoms with E-state index in [1.165, 1.54) is 23.6 Å². The van der Waals surface area contributed by atoms with Gasteiger partial charge in [-0.25, -0.2) is 9.37 Å². The fraction of sp³-hybridized carbons (Fsp3) is 0.281. The highest BCUT2D eigenvalue weighted by atomic mass is 19.1. The van der Waals surface area contributed by atoms with E-state index in [1.54, 1.807) is 59.3 Å². The van der Waals surface area contributed by atoms with E-state index in [1.807, 2.05) is 19.1 Å². The first-order chi connectivity index (χ1) is 19.4. The van der Waals surface area contributed by atoms with Crippen LogP contribution in [-0.4, -0.2) is 20.5 Å². The maximum Gasteiger partial charge on any atom is 0.303 e. The number of esters is 1. The van der Waals surface area contributed by atoms with Crippen molar-refractivity contribution in [2.24, 2.45) is 7.05 Å². The predicted octanol–water partition coefficient (Wildman–Crippen LogP) is 7.10. The molecule has 0 saturated carbocycles. The Hall–Kier alpha value is -4.66. The first kappa shape index (κ1) is 27.9. The van der Waals surface area contributed by atoms with Gasteiger partial charge in [0.05, 0.1) is 11.6 Å². The number of fused-ring (bicyclic) bond motifs is 1. The van der Waals surface area contributed by atoms with Crippen LogP contribution in [0.15, 0.2) is 58.0 Å². The molecule has 0 bridgehead atoms. The number of ether oxygens (including phenoxy) is 2. The van der Waals surface area contributed by atoms with E-state index >= 15 is 0 Å². The van der Waals surface area contributed by atoms with E-state index in [4.69, 9.17) is 13.9 Å². The molecule has 0 saturated heterocycles. The third-order valence-electron chi connectivity index (χ3n) is 7.08. The van der Waals surface area contributed by atoms with Crippen LogP contribution in [0.3, 0.4) is 0 Å². The monoisotopic (exact) mass is 557 g/mol. The molecule has 5 rings (SSSR count). The Morgan fingerprint density at radius 2 is 1.83 bits per heavy atom. The van der Waals surface area contributed by atoms with Gasteiger partial charge in [0.15, 0.2) is 5.76 Å². The predicted molar refractivity (Wildman–Crippen MR) is 155 cm³/mol. The van der Waals surface area contributed by atoms with Crippen LogP contribution in [-0.2, 0) is 28.6 Å². The van der Waals surface area contributed by atoms with E-state index in [9.17, 15) is 14.0 Å². The standard InChI is InChI=1S/C32H32FN3O5/c1-8-28-34-15-25(35-28)27-14-23-30(40-27)24(16-36(7)31(23)38)22-13-20(32(5,6)41-19(4)37)9-10-26(22)39-29-17(2)11-21(33)12-18(29)3/h9-16H,8H2,1-7H3,(H,34,35). The van der Waals surface area contributed by atoms with E-state index < -0.39 is 11.6 Å². The fourth-order valence-corrected chi connectivity index (χ4v) is 5.03. The topological polar surface area (TPSA) is 99.3 Å². The highest BCUT2D eigenvalue weighted by Gasteiger charge is 2.27. The molecule has 2 aromatic carbocycles. The molecule has 9 heteroatoms. The molecule has 1 N–H and O–H groups in total. The Morgan fingerprint density at radius 1 is 1.12 bits per heavy atom. The van der Waals surface area contributed by atoms with Gasteiger partial charge in [0, 0.05) is 37.7 Å². The molecule has 41 heavy (non-hydrogen) atoms. The summed E-state index contributed by atoms with van der Waals surface area (Å²) in [5.41, 5.74) is 3.02. The van der Waals surface area contributed by atoms with Crippen molar-refractivity contribution >= 4 is 16.9 Å². The smallest absolute Gasteiger partial charge is 0.303 e. The molecular formula is C32H32FN3O5. The number of hydrogen-bond donors (Lipinski definition) is 1. The van der Waals surface area contributed by atoms with Crippen molar-refractivity contribution in [3.8, 4) is 34.1 Å². The number of carbonyl (C=O) groups is 1. The van der Waals surface area contributed by atoms with E-state index in [-0.39, 0.29) is 11.4 Å². The van der Waals surface area contributed by atoms with Gasteiger partial charge in [-0.2, -0.15) is 0 Å². The van der Waals surface area contributed by atoms with Crippen LogP contribution in [0.1, 0.15) is 50.2 Å². The lowest BCUT2D eigenvalue weighted by molar-refractivity contribution is -0.154. The van der Waals surface area contributed by atoms with Gasteiger partial charge in [0.25, 0.3) is 5.56 Å². The number of furan rings is 1. The second kappa shape index (κ2) is 10.4. The number of pyridine rings is 1. The lowest BCUT2D eigenvalue weighted by Gasteiger charge is -2.26. The summed E-state index contributed by atoms with van der Waals surface area (Å²) in [7, 11) is 1.67. The van der Waals surface area contributed by atoms with Crippen LogP contribution in [0.5, 0.6) is 11.5 Å². The van der Waals surface area contributed by atoms with Crippen molar-refractivity contribution in [3.05, 3.63) is 87.5 Å². The lowest BCUT2D eigenvalue weighted by atomic mass is 9.93. The van der Waals surface area contributed by atoms with Gasteiger partial charge < -0.3 is 23.4 Å². The number of aryl methyl sites for hydroxylation is 4. The number of aromatic nitrogens is 3. The Morgan fingerprint density at radius 3 is 2.46 bits per heavy atom. The molecule has 0 amide bonds. The van der Waals surface area contributed by atoms with Gasteiger partial charge in [0.2, 0.25) is 0 Å². The maximum atomic E-state index is 14.1. The zero-order valence-electron chi connectivity index (χ0n) is 24.1. The van der Waals surface area contributed by atoms with E-state index in [0.29, 0.717) is 61.7 Å². The minimum Gasteiger partial charge on any atom is -0.456 e. The van der Waals surface area contributed by atoms with Crippen molar-refractivity contribution in [3.63, 3.8) is 0 Å². The summed E-state index contributed by atoms with van der Waals surface area (Å²) in [5.74, 6) is 1.48. The van der Waals surface area contributed by atoms with Crippen LogP contribution in [0.2, 0.25) is 0 Å². The highest BCUT2D eigenvalue weighted by molar-refractivity contribution is 5.95. The first-order valence-electron chi connectivity index (χ1n) is 13.3. The molecule has 0 unspecified atom stereocenters. The second-order valence-electron chi connectivity index (χ2n) is 10.7. The number of H-pyrrole nitrogens is 1. The molecule has 0 spiro atoms. The molecule has 0 atom stereocenters. The Balaban J connectivity index is 1.76. The Kier molecular flexibility index (Phi) is 7.07. The van der Waals surface area contributed by atoms with Gasteiger partial charge in [-0.3, -0.25) is 9.59 Å². The molecule has 0 aliphatic carbocycles. The fourth-order valence-electron chi connectivity index (χ4n) is 5.03. The summed E-state index contributed by atoms with van der Waals surface area (Å²) in [4.78, 5) is 32.7. The molecule has 3 heterocycles. The Labute approximate surface area is 236 Å². The molecule has 8 nitrogen and oxygen atoms in total. The van der Waals surface area contributed by atoms with E-state index in [2.05, 4.69) is 9.97 Å². The normalized spacial score (nSPS) is 11.7. The van der Waals surface area contributed by atoms with Gasteiger partial charge in [0.1, 0.15) is 40.0 Å². The van der Waals surface area contributed by atoms with Crippen molar-refractivity contribution in [2.75, 3.05) is 0 Å². The minimum atomic E-state index is -0.957. The summed E-state index contributed by atoms with van der Waals surface area (Å²) in [6.45, 7) is 10.5. The van der Waals surface area contributed by atoms with Gasteiger partial charge in [-0.1, -0.05) is 13.0 Å². The van der Waals surface area contributed by atoms with Crippen LogP contribution < -0.4 is 10.3 Å². The molecular weight excluding hydrogens is 525 g/mol. The summed E-state index contributed by atoms with van der Waals surface area (Å²) in [6, 6.07) is 9.99. The lowest BCUT2D eigenvalue weighted by Crippen LogP contribution is -2.24. The zero-order valence-corrected chi connectivity index (χ0v) is 24.1. The highest BCUT2D eigenvalue weighted by Crippen LogP contribution is 2.42. The number of rotatable bonds is 7. The number of carbonyl (C=O) groups excluding carboxylic acids is 1. The zero-order chi connectivity index (χ0) is 29.6. The summed E-state index contributed by atoms with van der Waals surface area (Å²) >= 11 is 0. The Bertz CT molecular complexity index is 1840. The summed E-state index contributed by atoms with van der Waals surface area (Å²) in [5, 5.41) is 0.386. The second-order valence-corrected chi connectivity index (χ2v) is 10.7. The average Bonchev–Trinajstić information content (AvgIpc) is 3.55. The molecule has 0 fully saturated rings. The van der Waals surface area contributed by atoms with Crippen LogP contribution >= 0.6 is 0 Å². The molecule has 212 valence electrons. The molecule has 0 radical (unpaired) electrons. The van der Waals surface area contributed by atoms with Crippen molar-refractivity contribution in [1.29, 1.82) is 0 Å². The first-order valence-corrected chi connectivity index (χ1v) is 13.3. The van der Waals surface area contributed by atoms with Crippen LogP contribution in [0, 0.1) is 19.7 Å². The SMILES string of the molecule is CCc1ncc(-c2cc3c(=O)n(C)cc(-c4cc(C(C)(C)OC(C)=O)ccc4Oc4c(C)cc(F)cc4C)c3o2)[nH]1. The van der Waals surface area contributed by atoms with Gasteiger partial charge >= 0.3 is 5.97 Å². The molecule has 5 aromatic rings. The number of imidazole rings is 1. The largest absolute Gasteiger partial charge is 0.456 e. The maximum absolute atomic E-state index is 14.1. The van der Waals surface area contributed by atoms with E-state index in [0.717, 1.165) is 12.2 Å². The number of halogens is 1. The quantitative estimate of drug-likeness (QED) is 0.214. The minimum absolute atomic E-state index is 0.224. The molecule has 3 aromatic heterocycles. The van der Waals surface area contributed by atoms with Crippen molar-refractivity contribution < 1.29 is 23.1 Å². The van der Waals surface area contributed by atoms with Gasteiger partial charge in [-0.15, -0.1) is 0 Å². The number of nitrogens with zero attached hydrogens (tertiary/aromatic N) is 2. The number of benzene rings is 2. The summed E-state index contributed by atoms with van der Waals surface area (Å²) in [6.07, 6.45) is 4.09. The summed E-state index contributed by atoms with van der Waals surface area (Å²) < 4.78 is 33.9. The number of hydrogen-bond acceptors (Lipinski definition) is 6. The van der Waals surface area contributed by atoms with Crippen molar-refractivity contribution in [2.45, 2.75) is 53.6 Å². The van der Waals surface area contributed by atoms with Gasteiger partial charge in [-0.05, 0) is 74.7 Å². The number of nitrogens with one attached hydrogen (secondary N) is 1. The van der Waals surface area contributed by atoms with Crippen molar-refractivity contribution in [1.82, 2.24) is 14.5 Å². The third kappa shape index (κ3) is 5.27. The molecule has 0 aliphatic heterocycles. The number of aromatic amines is 1. The average molecular weight is 558 g/mol.